The van der Waals surface area contributed by atoms with Crippen LogP contribution in [-0.2, 0) is 0 Å². The van der Waals surface area contributed by atoms with Gasteiger partial charge in [-0.1, -0.05) is 54.6 Å². The van der Waals surface area contributed by atoms with Crippen molar-refractivity contribution in [3.63, 3.8) is 0 Å². The normalized spacial score (nSPS) is 9.31. The minimum atomic E-state index is 1.17. The molecule has 2 aromatic rings. The lowest BCUT2D eigenvalue weighted by Gasteiger charge is -2.01. The fourth-order valence-electron chi connectivity index (χ4n) is 1.53. The van der Waals surface area contributed by atoms with Crippen LogP contribution in [0.25, 0.3) is 17.2 Å². The highest BCUT2D eigenvalue weighted by molar-refractivity contribution is 14.1. The van der Waals surface area contributed by atoms with Gasteiger partial charge in [0.05, 0.1) is 0 Å². The predicted octanol–water partition coefficient (Wildman–Crippen LogP) is 4.91. The van der Waals surface area contributed by atoms with Gasteiger partial charge in [-0.2, -0.15) is 0 Å². The molecule has 0 N–H and O–H groups in total. The van der Waals surface area contributed by atoms with Crippen molar-refractivity contribution in [1.29, 1.82) is 0 Å². The highest BCUT2D eigenvalue weighted by Gasteiger charge is 1.94. The lowest BCUT2D eigenvalue weighted by molar-refractivity contribution is 1.60. The van der Waals surface area contributed by atoms with Crippen molar-refractivity contribution < 1.29 is 0 Å². The van der Waals surface area contributed by atoms with E-state index in [0.717, 1.165) is 0 Å². The standard InChI is InChI=1S/C15H11I/c16-12-4-5-13-8-10-15(11-9-13)14-6-2-1-3-7-14/h1-3,5-12H. The van der Waals surface area contributed by atoms with Gasteiger partial charge in [0.1, 0.15) is 0 Å². The van der Waals surface area contributed by atoms with Crippen molar-refractivity contribution in [2.75, 3.05) is 0 Å². The van der Waals surface area contributed by atoms with Crippen LogP contribution in [0.3, 0.4) is 0 Å². The summed E-state index contributed by atoms with van der Waals surface area (Å²) in [7, 11) is 0. The van der Waals surface area contributed by atoms with Crippen molar-refractivity contribution in [2.45, 2.75) is 0 Å². The smallest absolute Gasteiger partial charge is 0.0187 e. The lowest BCUT2D eigenvalue weighted by atomic mass is 10.0. The average Bonchev–Trinajstić information content (AvgIpc) is 2.38. The first kappa shape index (κ1) is 11.2. The highest BCUT2D eigenvalue weighted by atomic mass is 127. The Hall–Kier alpha value is -1.31. The zero-order valence-electron chi connectivity index (χ0n) is 8.73. The summed E-state index contributed by atoms with van der Waals surface area (Å²) < 4.78 is 1.88. The Kier molecular flexibility index (Phi) is 3.97. The number of halogens is 1. The molecule has 0 atom stereocenters. The molecule has 0 saturated heterocycles. The fourth-order valence-corrected chi connectivity index (χ4v) is 1.71. The van der Waals surface area contributed by atoms with E-state index in [1.165, 1.54) is 16.7 Å². The maximum atomic E-state index is 3.06. The van der Waals surface area contributed by atoms with E-state index in [0.29, 0.717) is 0 Å². The van der Waals surface area contributed by atoms with Crippen molar-refractivity contribution in [1.82, 2.24) is 0 Å². The third kappa shape index (κ3) is 2.84. The molecule has 78 valence electrons. The van der Waals surface area contributed by atoms with Crippen LogP contribution in [-0.4, -0.2) is 0 Å². The lowest BCUT2D eigenvalue weighted by Crippen LogP contribution is -1.77. The van der Waals surface area contributed by atoms with Gasteiger partial charge in [0.2, 0.25) is 0 Å². The summed E-state index contributed by atoms with van der Waals surface area (Å²) in [6, 6.07) is 18.9. The van der Waals surface area contributed by atoms with Crippen molar-refractivity contribution >= 4 is 28.7 Å². The minimum Gasteiger partial charge on any atom is -0.114 e. The SMILES string of the molecule is IC=C=Cc1ccc(-c2ccccc2)cc1. The Morgan fingerprint density at radius 2 is 1.44 bits per heavy atom. The van der Waals surface area contributed by atoms with Crippen LogP contribution in [0.2, 0.25) is 0 Å². The molecule has 0 nitrogen and oxygen atoms in total. The molecule has 0 amide bonds. The molecule has 2 aromatic carbocycles. The Bertz CT molecular complexity index is 503. The van der Waals surface area contributed by atoms with Gasteiger partial charge in [-0.05, 0) is 45.4 Å². The molecule has 1 heteroatoms. The molecule has 2 rings (SSSR count). The first-order chi connectivity index (χ1) is 7.90. The maximum absolute atomic E-state index is 3.06. The van der Waals surface area contributed by atoms with Crippen LogP contribution in [0, 0.1) is 0 Å². The molecular formula is C15H11I. The maximum Gasteiger partial charge on any atom is 0.0187 e. The Morgan fingerprint density at radius 3 is 2.06 bits per heavy atom. The third-order valence-corrected chi connectivity index (χ3v) is 2.69. The topological polar surface area (TPSA) is 0 Å². The van der Waals surface area contributed by atoms with E-state index in [9.17, 15) is 0 Å². The molecule has 0 spiro atoms. The highest BCUT2D eigenvalue weighted by Crippen LogP contribution is 2.19. The number of benzene rings is 2. The van der Waals surface area contributed by atoms with E-state index in [1.807, 2.05) is 16.2 Å². The van der Waals surface area contributed by atoms with E-state index < -0.39 is 0 Å². The second-order valence-corrected chi connectivity index (χ2v) is 4.03. The average molecular weight is 318 g/mol. The molecule has 0 radical (unpaired) electrons. The van der Waals surface area contributed by atoms with Gasteiger partial charge in [0, 0.05) is 4.08 Å². The molecule has 0 heterocycles. The first-order valence-corrected chi connectivity index (χ1v) is 6.31. The molecule has 0 fully saturated rings. The first-order valence-electron chi connectivity index (χ1n) is 5.07. The second kappa shape index (κ2) is 5.69. The Balaban J connectivity index is 2.30. The van der Waals surface area contributed by atoms with Gasteiger partial charge in [0.15, 0.2) is 0 Å². The van der Waals surface area contributed by atoms with Gasteiger partial charge in [-0.25, -0.2) is 0 Å². The van der Waals surface area contributed by atoms with Gasteiger partial charge in [-0.3, -0.25) is 0 Å². The van der Waals surface area contributed by atoms with E-state index in [2.05, 4.69) is 76.9 Å². The van der Waals surface area contributed by atoms with Crippen LogP contribution >= 0.6 is 22.6 Å². The second-order valence-electron chi connectivity index (χ2n) is 3.41. The third-order valence-electron chi connectivity index (χ3n) is 2.33. The van der Waals surface area contributed by atoms with Crippen LogP contribution < -0.4 is 0 Å². The van der Waals surface area contributed by atoms with Crippen LogP contribution in [0.15, 0.2) is 64.4 Å². The summed E-state index contributed by atoms with van der Waals surface area (Å²) in [4.78, 5) is 0. The van der Waals surface area contributed by atoms with Crippen LogP contribution in [0.5, 0.6) is 0 Å². The van der Waals surface area contributed by atoms with Gasteiger partial charge in [-0.15, -0.1) is 5.73 Å². The zero-order valence-corrected chi connectivity index (χ0v) is 10.9. The molecule has 0 aliphatic carbocycles. The molecule has 0 aromatic heterocycles. The van der Waals surface area contributed by atoms with Crippen molar-refractivity contribution in [3.05, 3.63) is 70.0 Å². The van der Waals surface area contributed by atoms with Crippen LogP contribution in [0.4, 0.5) is 0 Å². The number of hydrogen-bond acceptors (Lipinski definition) is 0. The molecule has 0 saturated carbocycles. The summed E-state index contributed by atoms with van der Waals surface area (Å²) in [5.74, 6) is 0. The molecule has 0 aliphatic heterocycles. The van der Waals surface area contributed by atoms with Crippen molar-refractivity contribution in [2.24, 2.45) is 0 Å². The number of rotatable bonds is 2. The van der Waals surface area contributed by atoms with E-state index in [1.54, 1.807) is 0 Å². The largest absolute Gasteiger partial charge is 0.114 e. The van der Waals surface area contributed by atoms with E-state index >= 15 is 0 Å². The monoisotopic (exact) mass is 318 g/mol. The Morgan fingerprint density at radius 1 is 0.812 bits per heavy atom. The minimum absolute atomic E-state index is 1.17. The predicted molar refractivity (Wildman–Crippen MR) is 78.4 cm³/mol. The summed E-state index contributed by atoms with van der Waals surface area (Å²) in [6.07, 6.45) is 1.97. The zero-order chi connectivity index (χ0) is 11.2. The molecule has 0 unspecified atom stereocenters. The van der Waals surface area contributed by atoms with Crippen molar-refractivity contribution in [3.8, 4) is 11.1 Å². The van der Waals surface area contributed by atoms with Crippen LogP contribution in [0.1, 0.15) is 5.56 Å². The van der Waals surface area contributed by atoms with E-state index in [4.69, 9.17) is 0 Å². The Labute approximate surface area is 109 Å². The fraction of sp³-hybridized carbons (Fsp3) is 0. The summed E-state index contributed by atoms with van der Waals surface area (Å²) in [6.45, 7) is 0. The summed E-state index contributed by atoms with van der Waals surface area (Å²) in [5.41, 5.74) is 6.73. The molecular weight excluding hydrogens is 307 g/mol. The molecule has 0 aliphatic rings. The van der Waals surface area contributed by atoms with E-state index in [-0.39, 0.29) is 0 Å². The molecule has 16 heavy (non-hydrogen) atoms. The molecule has 0 bridgehead atoms. The summed E-state index contributed by atoms with van der Waals surface area (Å²) >= 11 is 2.16. The number of hydrogen-bond donors (Lipinski definition) is 0. The van der Waals surface area contributed by atoms with Gasteiger partial charge in [0.25, 0.3) is 0 Å². The summed E-state index contributed by atoms with van der Waals surface area (Å²) in [5, 5.41) is 0. The quantitative estimate of drug-likeness (QED) is 0.545. The van der Waals surface area contributed by atoms with Gasteiger partial charge < -0.3 is 0 Å². The van der Waals surface area contributed by atoms with Gasteiger partial charge >= 0.3 is 0 Å².